The van der Waals surface area contributed by atoms with Crippen LogP contribution in [0.3, 0.4) is 0 Å². The lowest BCUT2D eigenvalue weighted by atomic mass is 10.1. The van der Waals surface area contributed by atoms with Gasteiger partial charge in [-0.25, -0.2) is 0 Å². The monoisotopic (exact) mass is 363 g/mol. The fourth-order valence-corrected chi connectivity index (χ4v) is 2.76. The number of amides is 1. The second kappa shape index (κ2) is 7.78. The number of aliphatic carboxylic acids is 1. The van der Waals surface area contributed by atoms with Gasteiger partial charge < -0.3 is 15.0 Å². The molecule has 138 valence electrons. The molecule has 1 amide bonds. The average Bonchev–Trinajstić information content (AvgIpc) is 3.03. The number of carbonyl (C=O) groups excluding carboxylic acids is 2. The number of carboxylic acid groups (broad SMARTS) is 1. The van der Waals surface area contributed by atoms with Crippen LogP contribution in [0, 0.1) is 6.92 Å². The molecule has 0 aliphatic heterocycles. The molecule has 1 heterocycles. The molecule has 2 N–H and O–H groups in total. The third kappa shape index (κ3) is 4.36. The maximum atomic E-state index is 12.6. The Kier molecular flexibility index (Phi) is 5.26. The number of carbonyl (C=O) groups is 2. The number of rotatable bonds is 6. The van der Waals surface area contributed by atoms with Crippen LogP contribution in [0.5, 0.6) is 5.75 Å². The second-order valence-electron chi connectivity index (χ2n) is 6.27. The van der Waals surface area contributed by atoms with E-state index in [-0.39, 0.29) is 24.5 Å². The highest BCUT2D eigenvalue weighted by Gasteiger charge is 2.14. The Labute approximate surface area is 156 Å². The van der Waals surface area contributed by atoms with Gasteiger partial charge in [-0.2, -0.15) is 0 Å². The fraction of sp³-hybridized carbons (Fsp3) is 0.143. The smallest absolute Gasteiger partial charge is 0.270 e. The summed E-state index contributed by atoms with van der Waals surface area (Å²) >= 11 is 0. The third-order valence-corrected chi connectivity index (χ3v) is 4.24. The first-order valence-corrected chi connectivity index (χ1v) is 8.52. The molecule has 0 spiro atoms. The number of nitrogens with zero attached hydrogens (tertiary/aromatic N) is 1. The van der Waals surface area contributed by atoms with Crippen LogP contribution in [0.1, 0.15) is 28.0 Å². The van der Waals surface area contributed by atoms with Gasteiger partial charge in [0.05, 0.1) is 5.69 Å². The number of carboxylic acids is 1. The van der Waals surface area contributed by atoms with Crippen molar-refractivity contribution in [1.82, 2.24) is 4.68 Å². The highest BCUT2D eigenvalue weighted by molar-refractivity contribution is 6.00. The van der Waals surface area contributed by atoms with Gasteiger partial charge in [0, 0.05) is 22.8 Å². The zero-order valence-corrected chi connectivity index (χ0v) is 14.8. The number of benzene rings is 2. The van der Waals surface area contributed by atoms with Crippen LogP contribution >= 0.6 is 0 Å². The zero-order chi connectivity index (χ0) is 19.4. The van der Waals surface area contributed by atoms with Crippen molar-refractivity contribution in [3.05, 3.63) is 77.5 Å². The minimum Gasteiger partial charge on any atom is -0.550 e. The van der Waals surface area contributed by atoms with Gasteiger partial charge in [-0.1, -0.05) is 29.8 Å². The van der Waals surface area contributed by atoms with E-state index >= 15 is 0 Å². The molecule has 3 rings (SSSR count). The van der Waals surface area contributed by atoms with Crippen molar-refractivity contribution in [2.45, 2.75) is 19.8 Å². The highest BCUT2D eigenvalue weighted by Crippen LogP contribution is 2.23. The van der Waals surface area contributed by atoms with Crippen LogP contribution in [0.25, 0.3) is 11.3 Å². The lowest BCUT2D eigenvalue weighted by Gasteiger charge is -2.16. The summed E-state index contributed by atoms with van der Waals surface area (Å²) in [6.45, 7) is 1.99. The molecule has 0 bridgehead atoms. The first-order chi connectivity index (χ1) is 12.9. The molecule has 0 aliphatic carbocycles. The third-order valence-electron chi connectivity index (χ3n) is 4.24. The lowest BCUT2D eigenvalue weighted by Crippen LogP contribution is -2.27. The predicted molar refractivity (Wildman–Crippen MR) is 99.7 cm³/mol. The Morgan fingerprint density at radius 2 is 1.67 bits per heavy atom. The average molecular weight is 363 g/mol. The Balaban J connectivity index is 1.95. The molecule has 0 unspecified atom stereocenters. The summed E-state index contributed by atoms with van der Waals surface area (Å²) < 4.78 is 1.60. The van der Waals surface area contributed by atoms with E-state index in [2.05, 4.69) is 5.43 Å². The highest BCUT2D eigenvalue weighted by atomic mass is 16.4. The summed E-state index contributed by atoms with van der Waals surface area (Å²) in [5, 5.41) is 20.2. The number of hydrogen-bond donors (Lipinski definition) is 2. The van der Waals surface area contributed by atoms with Crippen LogP contribution in [0.15, 0.2) is 60.7 Å². The SMILES string of the molecule is Cc1ccc(-c2ccc(CCC(=O)[O-])n2NC(=O)c2ccc(O)cc2)cc1. The van der Waals surface area contributed by atoms with Gasteiger partial charge in [0.1, 0.15) is 5.75 Å². The number of aromatic hydroxyl groups is 1. The minimum atomic E-state index is -1.15. The molecule has 0 saturated carbocycles. The van der Waals surface area contributed by atoms with Gasteiger partial charge in [-0.15, -0.1) is 0 Å². The lowest BCUT2D eigenvalue weighted by molar-refractivity contribution is -0.305. The second-order valence-corrected chi connectivity index (χ2v) is 6.27. The van der Waals surface area contributed by atoms with Gasteiger partial charge in [-0.3, -0.25) is 14.9 Å². The van der Waals surface area contributed by atoms with Crippen LogP contribution < -0.4 is 10.5 Å². The predicted octanol–water partition coefficient (Wildman–Crippen LogP) is 2.24. The molecule has 2 aromatic carbocycles. The molecule has 1 aromatic heterocycles. The van der Waals surface area contributed by atoms with Gasteiger partial charge in [-0.05, 0) is 56.2 Å². The molecule has 0 aliphatic rings. The van der Waals surface area contributed by atoms with E-state index in [1.807, 2.05) is 37.3 Å². The Morgan fingerprint density at radius 3 is 2.30 bits per heavy atom. The van der Waals surface area contributed by atoms with Crippen LogP contribution in [-0.4, -0.2) is 21.7 Å². The summed E-state index contributed by atoms with van der Waals surface area (Å²) in [6, 6.07) is 17.3. The van der Waals surface area contributed by atoms with Crippen LogP contribution in [-0.2, 0) is 11.2 Å². The number of nitrogens with one attached hydrogen (secondary N) is 1. The van der Waals surface area contributed by atoms with Crippen LogP contribution in [0.2, 0.25) is 0 Å². The molecular formula is C21H19N2O4-. The van der Waals surface area contributed by atoms with Crippen molar-refractivity contribution in [1.29, 1.82) is 0 Å². The van der Waals surface area contributed by atoms with Gasteiger partial charge in [0.25, 0.3) is 5.91 Å². The minimum absolute atomic E-state index is 0.0718. The number of aromatic nitrogens is 1. The van der Waals surface area contributed by atoms with Crippen LogP contribution in [0.4, 0.5) is 0 Å². The topological polar surface area (TPSA) is 94.4 Å². The van der Waals surface area contributed by atoms with E-state index < -0.39 is 5.97 Å². The first kappa shape index (κ1) is 18.3. The molecule has 3 aromatic rings. The largest absolute Gasteiger partial charge is 0.550 e. The van der Waals surface area contributed by atoms with E-state index in [9.17, 15) is 19.8 Å². The van der Waals surface area contributed by atoms with Crippen molar-refractivity contribution in [3.8, 4) is 17.0 Å². The van der Waals surface area contributed by atoms with Crippen molar-refractivity contribution in [3.63, 3.8) is 0 Å². The molecule has 0 saturated heterocycles. The molecule has 27 heavy (non-hydrogen) atoms. The number of hydrogen-bond acceptors (Lipinski definition) is 4. The Bertz CT molecular complexity index is 957. The summed E-state index contributed by atoms with van der Waals surface area (Å²) in [4.78, 5) is 23.5. The number of aryl methyl sites for hydroxylation is 2. The van der Waals surface area contributed by atoms with E-state index in [1.165, 1.54) is 24.3 Å². The van der Waals surface area contributed by atoms with Crippen molar-refractivity contribution < 1.29 is 19.8 Å². The molecule has 0 fully saturated rings. The van der Waals surface area contributed by atoms with Crippen molar-refractivity contribution in [2.24, 2.45) is 0 Å². The normalized spacial score (nSPS) is 10.6. The standard InChI is InChI=1S/C21H20N2O4/c1-14-2-4-15(5-3-14)19-12-8-17(9-13-20(25)26)23(19)22-21(27)16-6-10-18(24)11-7-16/h2-8,10-12,24H,9,13H2,1H3,(H,22,27)(H,25,26)/p-1. The summed E-state index contributed by atoms with van der Waals surface area (Å²) in [5.41, 5.74) is 6.60. The van der Waals surface area contributed by atoms with Gasteiger partial charge in [0.2, 0.25) is 0 Å². The van der Waals surface area contributed by atoms with E-state index in [0.717, 1.165) is 16.8 Å². The van der Waals surface area contributed by atoms with Gasteiger partial charge >= 0.3 is 0 Å². The van der Waals surface area contributed by atoms with E-state index in [1.54, 1.807) is 10.7 Å². The van der Waals surface area contributed by atoms with Crippen molar-refractivity contribution in [2.75, 3.05) is 5.43 Å². The summed E-state index contributed by atoms with van der Waals surface area (Å²) in [7, 11) is 0. The maximum Gasteiger partial charge on any atom is 0.270 e. The quantitative estimate of drug-likeness (QED) is 0.702. The van der Waals surface area contributed by atoms with E-state index in [4.69, 9.17) is 0 Å². The number of phenols is 1. The first-order valence-electron chi connectivity index (χ1n) is 8.52. The molecule has 0 atom stereocenters. The summed E-state index contributed by atoms with van der Waals surface area (Å²) in [6.07, 6.45) is 0.0798. The maximum absolute atomic E-state index is 12.6. The Hall–Kier alpha value is -3.54. The molecular weight excluding hydrogens is 344 g/mol. The van der Waals surface area contributed by atoms with Crippen molar-refractivity contribution >= 4 is 11.9 Å². The Morgan fingerprint density at radius 1 is 1.00 bits per heavy atom. The zero-order valence-electron chi connectivity index (χ0n) is 14.8. The fourth-order valence-electron chi connectivity index (χ4n) is 2.76. The molecule has 0 radical (unpaired) electrons. The summed E-state index contributed by atoms with van der Waals surface area (Å²) in [5.74, 6) is -1.44. The van der Waals surface area contributed by atoms with Gasteiger partial charge in [0.15, 0.2) is 0 Å². The van der Waals surface area contributed by atoms with E-state index in [0.29, 0.717) is 11.3 Å². The number of phenolic OH excluding ortho intramolecular Hbond substituents is 1. The molecule has 6 heteroatoms. The molecule has 6 nitrogen and oxygen atoms in total.